The van der Waals surface area contributed by atoms with Crippen molar-refractivity contribution in [2.75, 3.05) is 13.2 Å². The molecule has 6 saturated carbocycles. The Labute approximate surface area is 378 Å². The van der Waals surface area contributed by atoms with Gasteiger partial charge in [-0.1, -0.05) is 104 Å². The molecule has 13 atom stereocenters. The number of fused-ring (bicyclic) bond motifs is 7. The van der Waals surface area contributed by atoms with E-state index < -0.39 is 5.41 Å². The van der Waals surface area contributed by atoms with Crippen molar-refractivity contribution in [3.63, 3.8) is 0 Å². The van der Waals surface area contributed by atoms with Gasteiger partial charge in [0.15, 0.2) is 0 Å². The predicted octanol–water partition coefficient (Wildman–Crippen LogP) is 12.3. The number of H-pyrrole nitrogens is 1. The molecule has 344 valence electrons. The Balaban J connectivity index is 0.931. The van der Waals surface area contributed by atoms with Crippen LogP contribution in [-0.2, 0) is 23.9 Å². The number of imidazole rings is 1. The lowest BCUT2D eigenvalue weighted by atomic mass is 9.32. The number of unbranched alkanes of at least 4 members (excludes halogenated alkanes) is 1. The van der Waals surface area contributed by atoms with Gasteiger partial charge in [-0.15, -0.1) is 0 Å². The molecule has 1 aromatic heterocycles. The highest BCUT2D eigenvalue weighted by molar-refractivity contribution is 5.85. The van der Waals surface area contributed by atoms with Crippen molar-refractivity contribution in [2.45, 2.75) is 171 Å². The molecule has 2 unspecified atom stereocenters. The molecule has 1 amide bonds. The quantitative estimate of drug-likeness (QED) is 0.145. The minimum Gasteiger partial charge on any atom is -0.465 e. The lowest BCUT2D eigenvalue weighted by molar-refractivity contribution is -0.251. The number of nitrogens with one attached hydrogen (secondary N) is 1. The summed E-state index contributed by atoms with van der Waals surface area (Å²) in [6, 6.07) is 10.4. The number of esters is 2. The number of ether oxygens (including phenoxy) is 2. The number of amides is 1. The van der Waals surface area contributed by atoms with E-state index >= 15 is 4.79 Å². The van der Waals surface area contributed by atoms with Gasteiger partial charge in [-0.25, -0.2) is 4.98 Å². The molecule has 1 aliphatic heterocycles. The first-order valence-electron chi connectivity index (χ1n) is 25.3. The van der Waals surface area contributed by atoms with Crippen LogP contribution in [0.5, 0.6) is 0 Å². The fourth-order valence-corrected chi connectivity index (χ4v) is 16.9. The first-order valence-corrected chi connectivity index (χ1v) is 25.3. The second-order valence-electron chi connectivity index (χ2n) is 24.0. The minimum absolute atomic E-state index is 0.0142. The van der Waals surface area contributed by atoms with Crippen LogP contribution in [0.4, 0.5) is 0 Å². The lowest BCUT2D eigenvalue weighted by Crippen LogP contribution is -2.67. The molecule has 8 heteroatoms. The van der Waals surface area contributed by atoms with Crippen molar-refractivity contribution in [1.82, 2.24) is 14.9 Å². The second-order valence-corrected chi connectivity index (χ2v) is 24.0. The number of aromatic nitrogens is 2. The van der Waals surface area contributed by atoms with E-state index in [0.29, 0.717) is 48.5 Å². The summed E-state index contributed by atoms with van der Waals surface area (Å²) in [6.45, 7) is 27.0. The molecule has 1 N–H and O–H groups in total. The summed E-state index contributed by atoms with van der Waals surface area (Å²) in [7, 11) is 0. The average molecular weight is 862 g/mol. The first-order chi connectivity index (χ1) is 29.8. The molecule has 0 spiro atoms. The standard InChI is InChI=1S/C55H79N3O5/c1-11-12-31-62-47(59)38-32-39(50(38,4)5)48(60)63-44-24-25-52(8)42(51(44,6)7)23-26-54(10)43(52)21-20-37-45-36(34(2)3)22-27-55(45,29-28-53(37,54)9)49(61)58-30-16-19-41(58)46-56-33-40(57-46)35-17-14-13-15-18-35/h13-15,17-18,33,36-39,41-45H,2,11-12,16,19-32H2,1,3-10H3,(H,56,57)/t36-,37+,38?,39?,41+,42-,43+,44-,45+,52-,53+,54+,55-/m0/s1. The van der Waals surface area contributed by atoms with Gasteiger partial charge in [-0.2, -0.15) is 0 Å². The van der Waals surface area contributed by atoms with E-state index in [0.717, 1.165) is 94.3 Å². The third kappa shape index (κ3) is 6.68. The topological polar surface area (TPSA) is 102 Å². The van der Waals surface area contributed by atoms with Gasteiger partial charge in [0.1, 0.15) is 11.9 Å². The zero-order chi connectivity index (χ0) is 44.9. The summed E-state index contributed by atoms with van der Waals surface area (Å²) in [5.41, 5.74) is 2.80. The van der Waals surface area contributed by atoms with Crippen molar-refractivity contribution in [3.05, 3.63) is 54.5 Å². The molecule has 7 aliphatic rings. The van der Waals surface area contributed by atoms with Crippen molar-refractivity contribution in [2.24, 2.45) is 73.9 Å². The maximum Gasteiger partial charge on any atom is 0.309 e. The molecule has 1 aromatic carbocycles. The van der Waals surface area contributed by atoms with Gasteiger partial charge in [0.2, 0.25) is 5.91 Å². The normalized spacial score (nSPS) is 41.0. The highest BCUT2D eigenvalue weighted by atomic mass is 16.5. The smallest absolute Gasteiger partial charge is 0.309 e. The molecule has 0 bridgehead atoms. The lowest BCUT2D eigenvalue weighted by Gasteiger charge is -2.73. The van der Waals surface area contributed by atoms with Gasteiger partial charge in [0, 0.05) is 12.0 Å². The van der Waals surface area contributed by atoms with E-state index in [9.17, 15) is 9.59 Å². The maximum absolute atomic E-state index is 15.6. The Hall–Kier alpha value is -3.42. The Morgan fingerprint density at radius 3 is 2.29 bits per heavy atom. The number of benzene rings is 1. The van der Waals surface area contributed by atoms with Crippen LogP contribution in [0.15, 0.2) is 48.7 Å². The largest absolute Gasteiger partial charge is 0.465 e. The molecule has 8 nitrogen and oxygen atoms in total. The van der Waals surface area contributed by atoms with Crippen LogP contribution >= 0.6 is 0 Å². The number of allylic oxidation sites excluding steroid dienone is 1. The van der Waals surface area contributed by atoms with Crippen LogP contribution in [0, 0.1) is 73.9 Å². The third-order valence-corrected chi connectivity index (χ3v) is 20.8. The van der Waals surface area contributed by atoms with Crippen LogP contribution in [0.1, 0.15) is 170 Å². The van der Waals surface area contributed by atoms with Crippen molar-refractivity contribution in [3.8, 4) is 11.3 Å². The number of rotatable bonds is 10. The number of aromatic amines is 1. The number of nitrogens with zero attached hydrogens (tertiary/aromatic N) is 2. The van der Waals surface area contributed by atoms with Crippen molar-refractivity contribution in [1.29, 1.82) is 0 Å². The predicted molar refractivity (Wildman–Crippen MR) is 248 cm³/mol. The molecule has 9 rings (SSSR count). The molecule has 2 heterocycles. The van der Waals surface area contributed by atoms with Crippen LogP contribution in [0.3, 0.4) is 0 Å². The summed E-state index contributed by atoms with van der Waals surface area (Å²) in [6.07, 6.45) is 16.8. The number of hydrogen-bond donors (Lipinski definition) is 1. The Bertz CT molecular complexity index is 2090. The zero-order valence-corrected chi connectivity index (χ0v) is 40.3. The Morgan fingerprint density at radius 2 is 1.57 bits per heavy atom. The highest BCUT2D eigenvalue weighted by Crippen LogP contribution is 2.78. The molecule has 7 fully saturated rings. The summed E-state index contributed by atoms with van der Waals surface area (Å²) in [4.78, 5) is 53.3. The van der Waals surface area contributed by atoms with E-state index in [4.69, 9.17) is 14.5 Å². The monoisotopic (exact) mass is 862 g/mol. The van der Waals surface area contributed by atoms with Crippen LogP contribution in [0.2, 0.25) is 0 Å². The molecule has 6 aliphatic carbocycles. The fourth-order valence-electron chi connectivity index (χ4n) is 16.9. The molecule has 1 saturated heterocycles. The van der Waals surface area contributed by atoms with Gasteiger partial charge in [0.05, 0.1) is 41.8 Å². The fraction of sp³-hybridized carbons (Fsp3) is 0.745. The molecular weight excluding hydrogens is 783 g/mol. The SMILES string of the molecule is C=C(C)[C@@H]1CC[C@]2(C(=O)N3CCC[C@@H]3c3ncc(-c4ccccc4)[nH]3)CC[C@]3(C)[C@H](CC[C@@H]4[C@@]5(C)CC[C@H](OC(=O)C6CC(C(=O)OCCCC)C6(C)C)C(C)(C)[C@@H]5CC[C@]43C)[C@@H]12. The van der Waals surface area contributed by atoms with E-state index in [1.165, 1.54) is 24.8 Å². The average Bonchev–Trinajstić information content (AvgIpc) is 4.02. The Morgan fingerprint density at radius 1 is 0.825 bits per heavy atom. The van der Waals surface area contributed by atoms with Gasteiger partial charge in [-0.3, -0.25) is 14.4 Å². The minimum atomic E-state index is -0.471. The van der Waals surface area contributed by atoms with Crippen LogP contribution in [0.25, 0.3) is 11.3 Å². The molecular formula is C55H79N3O5. The van der Waals surface area contributed by atoms with Crippen molar-refractivity contribution >= 4 is 17.8 Å². The van der Waals surface area contributed by atoms with Crippen LogP contribution in [-0.4, -0.2) is 52.0 Å². The number of hydrogen-bond acceptors (Lipinski definition) is 6. The van der Waals surface area contributed by atoms with E-state index in [-0.39, 0.29) is 63.0 Å². The highest BCUT2D eigenvalue weighted by Gasteiger charge is 2.72. The maximum atomic E-state index is 15.6. The van der Waals surface area contributed by atoms with Gasteiger partial charge >= 0.3 is 11.9 Å². The van der Waals surface area contributed by atoms with Crippen molar-refractivity contribution < 1.29 is 23.9 Å². The summed E-state index contributed by atoms with van der Waals surface area (Å²) in [5.74, 6) is 2.64. The summed E-state index contributed by atoms with van der Waals surface area (Å²) >= 11 is 0. The zero-order valence-electron chi connectivity index (χ0n) is 40.3. The van der Waals surface area contributed by atoms with E-state index in [1.54, 1.807) is 0 Å². The molecule has 2 aromatic rings. The van der Waals surface area contributed by atoms with Gasteiger partial charge in [-0.05, 0) is 154 Å². The summed E-state index contributed by atoms with van der Waals surface area (Å²) < 4.78 is 12.2. The second kappa shape index (κ2) is 15.9. The summed E-state index contributed by atoms with van der Waals surface area (Å²) in [5, 5.41) is 0. The number of likely N-dealkylation sites (tertiary alicyclic amines) is 1. The third-order valence-electron chi connectivity index (χ3n) is 20.8. The van der Waals surface area contributed by atoms with Gasteiger partial charge < -0.3 is 19.4 Å². The number of carbonyl (C=O) groups excluding carboxylic acids is 3. The van der Waals surface area contributed by atoms with E-state index in [2.05, 4.69) is 89.2 Å². The van der Waals surface area contributed by atoms with E-state index in [1.807, 2.05) is 26.1 Å². The van der Waals surface area contributed by atoms with Gasteiger partial charge in [0.25, 0.3) is 0 Å². The Kier molecular flexibility index (Phi) is 11.3. The van der Waals surface area contributed by atoms with Crippen LogP contribution < -0.4 is 0 Å². The first kappa shape index (κ1) is 44.8. The molecule has 63 heavy (non-hydrogen) atoms. The molecule has 0 radical (unpaired) electrons. The number of carbonyl (C=O) groups is 3.